The number of unbranched alkanes of at least 4 members (excludes halogenated alkanes) is 1. The first-order valence-corrected chi connectivity index (χ1v) is 9.54. The minimum Gasteiger partial charge on any atom is -0.459 e. The number of hydrogen-bond acceptors (Lipinski definition) is 6. The van der Waals surface area contributed by atoms with Gasteiger partial charge in [0.25, 0.3) is 5.91 Å². The van der Waals surface area contributed by atoms with E-state index in [1.165, 1.54) is 0 Å². The molecule has 0 saturated heterocycles. The van der Waals surface area contributed by atoms with Crippen molar-refractivity contribution in [2.24, 2.45) is 0 Å². The predicted octanol–water partition coefficient (Wildman–Crippen LogP) is 2.20. The number of rotatable bonds is 8. The van der Waals surface area contributed by atoms with E-state index in [2.05, 4.69) is 5.32 Å². The van der Waals surface area contributed by atoms with Gasteiger partial charge in [-0.2, -0.15) is 0 Å². The molecule has 27 heavy (non-hydrogen) atoms. The Labute approximate surface area is 158 Å². The van der Waals surface area contributed by atoms with Gasteiger partial charge in [-0.25, -0.2) is 0 Å². The van der Waals surface area contributed by atoms with Gasteiger partial charge in [0.2, 0.25) is 13.1 Å². The summed E-state index contributed by atoms with van der Waals surface area (Å²) >= 11 is 0. The van der Waals surface area contributed by atoms with Crippen LogP contribution in [0.2, 0.25) is 0 Å². The third-order valence-corrected chi connectivity index (χ3v) is 4.87. The second kappa shape index (κ2) is 8.19. The van der Waals surface area contributed by atoms with Crippen molar-refractivity contribution in [3.8, 4) is 11.5 Å². The molecular weight excluding hydrogens is 350 g/mol. The number of carbonyl (C=O) groups is 1. The molecule has 0 bridgehead atoms. The van der Waals surface area contributed by atoms with Crippen molar-refractivity contribution in [3.63, 3.8) is 0 Å². The summed E-state index contributed by atoms with van der Waals surface area (Å²) in [6, 6.07) is 6.09. The summed E-state index contributed by atoms with van der Waals surface area (Å²) in [6.45, 7) is 0.855. The maximum Gasteiger partial charge on any atom is 0.286 e. The zero-order valence-electron chi connectivity index (χ0n) is 15.2. The van der Waals surface area contributed by atoms with Gasteiger partial charge in [-0.15, -0.1) is 0 Å². The topological polar surface area (TPSA) is 86.3 Å². The van der Waals surface area contributed by atoms with Gasteiger partial charge < -0.3 is 29.4 Å². The molecule has 146 valence electrons. The van der Waals surface area contributed by atoms with Crippen molar-refractivity contribution in [2.45, 2.75) is 50.4 Å². The monoisotopic (exact) mass is 375 g/mol. The Morgan fingerprint density at radius 3 is 2.89 bits per heavy atom. The molecule has 7 nitrogen and oxygen atoms in total. The van der Waals surface area contributed by atoms with E-state index in [1.807, 2.05) is 24.3 Å². The molecule has 1 aromatic carbocycles. The molecule has 0 spiro atoms. The van der Waals surface area contributed by atoms with Crippen LogP contribution in [0.3, 0.4) is 0 Å². The number of carbonyl (C=O) groups excluding carboxylic acids is 1. The fourth-order valence-corrected chi connectivity index (χ4v) is 3.21. The van der Waals surface area contributed by atoms with Gasteiger partial charge in [0.1, 0.15) is 0 Å². The highest BCUT2D eigenvalue weighted by Crippen LogP contribution is 2.38. The molecule has 2 heterocycles. The molecule has 1 fully saturated rings. The first-order chi connectivity index (χ1) is 13.2. The Bertz CT molecular complexity index is 714. The van der Waals surface area contributed by atoms with Crippen LogP contribution in [0.15, 0.2) is 30.0 Å². The number of benzene rings is 1. The molecule has 4 rings (SSSR count). The van der Waals surface area contributed by atoms with E-state index in [0.29, 0.717) is 25.2 Å². The molecule has 1 saturated carbocycles. The number of fused-ring (bicyclic) bond motifs is 1. The van der Waals surface area contributed by atoms with Crippen LogP contribution in [0, 0.1) is 0 Å². The summed E-state index contributed by atoms with van der Waals surface area (Å²) in [6.07, 6.45) is 5.45. The lowest BCUT2D eigenvalue weighted by molar-refractivity contribution is -0.146. The van der Waals surface area contributed by atoms with Crippen LogP contribution in [-0.2, 0) is 14.3 Å². The molecule has 2 N–H and O–H groups in total. The molecule has 0 radical (unpaired) electrons. The van der Waals surface area contributed by atoms with Gasteiger partial charge in [0.05, 0.1) is 6.61 Å². The average molecular weight is 375 g/mol. The van der Waals surface area contributed by atoms with Crippen LogP contribution >= 0.6 is 0 Å². The van der Waals surface area contributed by atoms with Crippen molar-refractivity contribution < 1.29 is 28.8 Å². The fourth-order valence-electron chi connectivity index (χ4n) is 3.21. The summed E-state index contributed by atoms with van der Waals surface area (Å²) in [5, 5.41) is 11.9. The molecular formula is C20H25NO6. The van der Waals surface area contributed by atoms with Gasteiger partial charge >= 0.3 is 0 Å². The maximum absolute atomic E-state index is 12.5. The van der Waals surface area contributed by atoms with E-state index < -0.39 is 6.29 Å². The molecule has 2 aliphatic heterocycles. The van der Waals surface area contributed by atoms with Gasteiger partial charge in [0.15, 0.2) is 17.3 Å². The summed E-state index contributed by atoms with van der Waals surface area (Å²) in [5.41, 5.74) is 1.03. The average Bonchev–Trinajstić information content (AvgIpc) is 3.37. The minimum absolute atomic E-state index is 0.0176. The Kier molecular flexibility index (Phi) is 5.50. The molecule has 7 heteroatoms. The van der Waals surface area contributed by atoms with Gasteiger partial charge in [-0.05, 0) is 49.5 Å². The molecule has 1 amide bonds. The molecule has 0 unspecified atom stereocenters. The predicted molar refractivity (Wildman–Crippen MR) is 96.3 cm³/mol. The van der Waals surface area contributed by atoms with Crippen molar-refractivity contribution in [1.82, 2.24) is 5.32 Å². The molecule has 1 aromatic rings. The number of allylic oxidation sites excluding steroid dienone is 1. The van der Waals surface area contributed by atoms with Gasteiger partial charge in [0, 0.05) is 25.0 Å². The summed E-state index contributed by atoms with van der Waals surface area (Å²) in [7, 11) is 0. The van der Waals surface area contributed by atoms with E-state index in [-0.39, 0.29) is 31.3 Å². The molecule has 1 aliphatic carbocycles. The zero-order chi connectivity index (χ0) is 18.6. The van der Waals surface area contributed by atoms with Crippen LogP contribution in [0.4, 0.5) is 0 Å². The van der Waals surface area contributed by atoms with E-state index in [4.69, 9.17) is 24.1 Å². The third kappa shape index (κ3) is 4.54. The smallest absolute Gasteiger partial charge is 0.286 e. The van der Waals surface area contributed by atoms with Crippen LogP contribution in [-0.4, -0.2) is 43.4 Å². The van der Waals surface area contributed by atoms with Crippen molar-refractivity contribution in [1.29, 1.82) is 0 Å². The van der Waals surface area contributed by atoms with Crippen molar-refractivity contribution in [2.75, 3.05) is 20.0 Å². The first-order valence-electron chi connectivity index (χ1n) is 9.54. The number of hydrogen-bond donors (Lipinski definition) is 2. The number of nitrogens with one attached hydrogen (secondary N) is 1. The van der Waals surface area contributed by atoms with Crippen molar-refractivity contribution in [3.05, 3.63) is 35.6 Å². The Morgan fingerprint density at radius 2 is 2.07 bits per heavy atom. The van der Waals surface area contributed by atoms with Gasteiger partial charge in [-0.3, -0.25) is 4.79 Å². The van der Waals surface area contributed by atoms with E-state index in [1.54, 1.807) is 0 Å². The second-order valence-corrected chi connectivity index (χ2v) is 7.08. The number of aliphatic hydroxyl groups excluding tert-OH is 1. The minimum atomic E-state index is -0.496. The largest absolute Gasteiger partial charge is 0.459 e. The highest BCUT2D eigenvalue weighted by molar-refractivity contribution is 5.92. The summed E-state index contributed by atoms with van der Waals surface area (Å²) in [4.78, 5) is 12.5. The zero-order valence-corrected chi connectivity index (χ0v) is 15.2. The Morgan fingerprint density at radius 1 is 1.22 bits per heavy atom. The van der Waals surface area contributed by atoms with E-state index in [0.717, 1.165) is 36.3 Å². The summed E-state index contributed by atoms with van der Waals surface area (Å²) in [5.74, 6) is 1.56. The van der Waals surface area contributed by atoms with Crippen LogP contribution in [0.5, 0.6) is 11.5 Å². The van der Waals surface area contributed by atoms with E-state index in [9.17, 15) is 4.79 Å². The molecule has 0 aromatic heterocycles. The number of ether oxygens (including phenoxy) is 4. The lowest BCUT2D eigenvalue weighted by Gasteiger charge is -2.29. The van der Waals surface area contributed by atoms with E-state index >= 15 is 0 Å². The van der Waals surface area contributed by atoms with Gasteiger partial charge in [-0.1, -0.05) is 6.07 Å². The van der Waals surface area contributed by atoms with Crippen molar-refractivity contribution >= 4 is 5.91 Å². The quantitative estimate of drug-likeness (QED) is 0.678. The van der Waals surface area contributed by atoms with Crippen LogP contribution in [0.25, 0.3) is 0 Å². The highest BCUT2D eigenvalue weighted by Gasteiger charge is 2.32. The lowest BCUT2D eigenvalue weighted by Crippen LogP contribution is -2.34. The highest BCUT2D eigenvalue weighted by atomic mass is 16.7. The maximum atomic E-state index is 12.5. The molecule has 2 atom stereocenters. The summed E-state index contributed by atoms with van der Waals surface area (Å²) < 4.78 is 22.5. The first kappa shape index (κ1) is 18.1. The lowest BCUT2D eigenvalue weighted by atomic mass is 9.92. The third-order valence-electron chi connectivity index (χ3n) is 4.87. The molecule has 3 aliphatic rings. The second-order valence-electron chi connectivity index (χ2n) is 7.08. The fraction of sp³-hybridized carbons (Fsp3) is 0.550. The van der Waals surface area contributed by atoms with Crippen LogP contribution in [0.1, 0.15) is 43.6 Å². The van der Waals surface area contributed by atoms with Crippen LogP contribution < -0.4 is 14.8 Å². The number of aliphatic hydroxyl groups is 1. The Hall–Kier alpha value is -2.25. The standard InChI is InChI=1S/C20H25NO6/c22-7-1-2-8-24-19-11-14(10-18(27-19)20(23)21-15-4-5-15)13-3-6-16-17(9-13)26-12-25-16/h3,6,9-10,14-15,19,22H,1-2,4-5,7-8,11-12H2,(H,21,23)/t14-,19+/m0/s1. The Balaban J connectivity index is 1.49. The SMILES string of the molecule is O=C(NC1CC1)C1=C[C@H](c2ccc3c(c2)OCO3)C[C@H](OCCCCO)O1. The normalized spacial score (nSPS) is 23.5. The number of amides is 1.